The molecule has 0 aliphatic carbocycles. The van der Waals surface area contributed by atoms with Gasteiger partial charge in [-0.25, -0.2) is 4.79 Å². The average molecular weight is 483 g/mol. The number of benzene rings is 3. The van der Waals surface area contributed by atoms with Gasteiger partial charge in [0.25, 0.3) is 0 Å². The number of ether oxygens (including phenoxy) is 2. The Morgan fingerprint density at radius 2 is 1.78 bits per heavy atom. The van der Waals surface area contributed by atoms with Crippen molar-refractivity contribution in [1.29, 1.82) is 0 Å². The summed E-state index contributed by atoms with van der Waals surface area (Å²) in [5, 5.41) is 14.5. The zero-order valence-electron chi connectivity index (χ0n) is 20.4. The van der Waals surface area contributed by atoms with Crippen molar-refractivity contribution >= 4 is 17.0 Å². The maximum absolute atomic E-state index is 12.7. The van der Waals surface area contributed by atoms with E-state index < -0.39 is 5.97 Å². The standard InChI is InChI=1S/C27H26N6O3/c1-4-16-36-27-28-23-17(5-2)12-15-22(26(34)35-3)24(23)33(27)19-13-10-18(11-14-19)20-8-6-7-9-21(20)25-29-31-32-30-25/h6-15H,4-5,16H2,1-3H3,(H,29,30,31,32). The molecule has 0 atom stereocenters. The molecule has 0 spiro atoms. The van der Waals surface area contributed by atoms with Crippen molar-refractivity contribution in [3.8, 4) is 34.2 Å². The summed E-state index contributed by atoms with van der Waals surface area (Å²) in [7, 11) is 1.38. The molecular weight excluding hydrogens is 456 g/mol. The van der Waals surface area contributed by atoms with Crippen LogP contribution in [0.4, 0.5) is 0 Å². The Kier molecular flexibility index (Phi) is 6.44. The number of H-pyrrole nitrogens is 1. The summed E-state index contributed by atoms with van der Waals surface area (Å²) in [4.78, 5) is 17.5. The molecule has 1 N–H and O–H groups in total. The first kappa shape index (κ1) is 23.2. The number of hydrogen-bond donors (Lipinski definition) is 1. The van der Waals surface area contributed by atoms with Gasteiger partial charge in [0.15, 0.2) is 0 Å². The van der Waals surface area contributed by atoms with Gasteiger partial charge in [-0.1, -0.05) is 56.3 Å². The fraction of sp³-hybridized carbons (Fsp3) is 0.222. The van der Waals surface area contributed by atoms with Crippen LogP contribution in [0.25, 0.3) is 39.2 Å². The minimum atomic E-state index is -0.420. The number of esters is 1. The van der Waals surface area contributed by atoms with Crippen LogP contribution in [-0.4, -0.2) is 49.9 Å². The Balaban J connectivity index is 1.67. The van der Waals surface area contributed by atoms with Crippen molar-refractivity contribution in [3.05, 3.63) is 71.8 Å². The molecule has 2 aromatic heterocycles. The van der Waals surface area contributed by atoms with E-state index in [0.717, 1.165) is 46.3 Å². The smallest absolute Gasteiger partial charge is 0.340 e. The monoisotopic (exact) mass is 482 g/mol. The van der Waals surface area contributed by atoms with Gasteiger partial charge in [0.05, 0.1) is 36.0 Å². The van der Waals surface area contributed by atoms with E-state index in [1.807, 2.05) is 66.1 Å². The van der Waals surface area contributed by atoms with Crippen molar-refractivity contribution < 1.29 is 14.3 Å². The zero-order chi connectivity index (χ0) is 25.1. The van der Waals surface area contributed by atoms with E-state index in [1.54, 1.807) is 6.07 Å². The Labute approximate surface area is 208 Å². The summed E-state index contributed by atoms with van der Waals surface area (Å²) in [6, 6.07) is 20.1. The van der Waals surface area contributed by atoms with Crippen molar-refractivity contribution in [3.63, 3.8) is 0 Å². The van der Waals surface area contributed by atoms with Crippen LogP contribution >= 0.6 is 0 Å². The van der Waals surface area contributed by atoms with Crippen LogP contribution in [-0.2, 0) is 11.2 Å². The molecule has 2 heterocycles. The second kappa shape index (κ2) is 9.99. The molecule has 5 aromatic rings. The maximum Gasteiger partial charge on any atom is 0.340 e. The highest BCUT2D eigenvalue weighted by atomic mass is 16.5. The molecule has 0 aliphatic heterocycles. The van der Waals surface area contributed by atoms with Gasteiger partial charge in [-0.2, -0.15) is 10.2 Å². The Hall–Kier alpha value is -4.53. The van der Waals surface area contributed by atoms with Crippen LogP contribution in [0.1, 0.15) is 36.2 Å². The fourth-order valence-corrected chi connectivity index (χ4v) is 4.30. The third kappa shape index (κ3) is 4.08. The van der Waals surface area contributed by atoms with Crippen LogP contribution < -0.4 is 4.74 Å². The minimum absolute atomic E-state index is 0.420. The quantitative estimate of drug-likeness (QED) is 0.310. The summed E-state index contributed by atoms with van der Waals surface area (Å²) in [5.41, 5.74) is 6.54. The molecule has 0 fully saturated rings. The molecule has 36 heavy (non-hydrogen) atoms. The largest absolute Gasteiger partial charge is 0.465 e. The van der Waals surface area contributed by atoms with Gasteiger partial charge < -0.3 is 9.47 Å². The molecule has 9 nitrogen and oxygen atoms in total. The van der Waals surface area contributed by atoms with Gasteiger partial charge >= 0.3 is 12.0 Å². The van der Waals surface area contributed by atoms with E-state index in [1.165, 1.54) is 7.11 Å². The Bertz CT molecular complexity index is 1510. The van der Waals surface area contributed by atoms with Crippen molar-refractivity contribution in [1.82, 2.24) is 30.2 Å². The highest BCUT2D eigenvalue weighted by molar-refractivity contribution is 6.04. The molecule has 0 radical (unpaired) electrons. The second-order valence-corrected chi connectivity index (χ2v) is 8.22. The second-order valence-electron chi connectivity index (χ2n) is 8.22. The molecule has 9 heteroatoms. The molecule has 0 bridgehead atoms. The lowest BCUT2D eigenvalue weighted by Crippen LogP contribution is -2.07. The van der Waals surface area contributed by atoms with Crippen LogP contribution in [0.3, 0.4) is 0 Å². The summed E-state index contributed by atoms with van der Waals surface area (Å²) in [5.74, 6) is 0.108. The number of nitrogens with zero attached hydrogens (tertiary/aromatic N) is 5. The molecule has 0 saturated carbocycles. The topological polar surface area (TPSA) is 108 Å². The highest BCUT2D eigenvalue weighted by Gasteiger charge is 2.23. The number of methoxy groups -OCH3 is 1. The molecular formula is C27H26N6O3. The summed E-state index contributed by atoms with van der Waals surface area (Å²) in [6.45, 7) is 4.61. The Morgan fingerprint density at radius 3 is 2.44 bits per heavy atom. The van der Waals surface area contributed by atoms with Gasteiger partial charge in [-0.3, -0.25) is 4.57 Å². The molecule has 0 saturated heterocycles. The van der Waals surface area contributed by atoms with Crippen molar-refractivity contribution in [2.75, 3.05) is 13.7 Å². The zero-order valence-corrected chi connectivity index (χ0v) is 20.4. The molecule has 0 aliphatic rings. The molecule has 5 rings (SSSR count). The van der Waals surface area contributed by atoms with Gasteiger partial charge in [0, 0.05) is 5.56 Å². The summed E-state index contributed by atoms with van der Waals surface area (Å²) >= 11 is 0. The summed E-state index contributed by atoms with van der Waals surface area (Å²) < 4.78 is 13.0. The van der Waals surface area contributed by atoms with Crippen LogP contribution in [0.5, 0.6) is 6.01 Å². The average Bonchev–Trinajstić information content (AvgIpc) is 3.60. The summed E-state index contributed by atoms with van der Waals surface area (Å²) in [6.07, 6.45) is 1.60. The first-order valence-corrected chi connectivity index (χ1v) is 11.8. The van der Waals surface area contributed by atoms with Crippen LogP contribution in [0.15, 0.2) is 60.7 Å². The number of nitrogens with one attached hydrogen (secondary N) is 1. The van der Waals surface area contributed by atoms with E-state index in [-0.39, 0.29) is 0 Å². The van der Waals surface area contributed by atoms with Gasteiger partial charge in [0.1, 0.15) is 0 Å². The number of aromatic nitrogens is 6. The van der Waals surface area contributed by atoms with Crippen LogP contribution in [0, 0.1) is 0 Å². The van der Waals surface area contributed by atoms with Crippen LogP contribution in [0.2, 0.25) is 0 Å². The minimum Gasteiger partial charge on any atom is -0.465 e. The van der Waals surface area contributed by atoms with E-state index in [2.05, 4.69) is 27.5 Å². The number of rotatable bonds is 8. The van der Waals surface area contributed by atoms with E-state index in [4.69, 9.17) is 14.5 Å². The first-order valence-electron chi connectivity index (χ1n) is 11.8. The number of fused-ring (bicyclic) bond motifs is 1. The van der Waals surface area contributed by atoms with E-state index >= 15 is 0 Å². The normalized spacial score (nSPS) is 11.1. The SMILES string of the molecule is CCCOc1nc2c(CC)ccc(C(=O)OC)c2n1-c1ccc(-c2ccccc2-c2nn[nH]n2)cc1. The molecule has 182 valence electrons. The first-order chi connectivity index (χ1) is 17.7. The third-order valence-corrected chi connectivity index (χ3v) is 6.03. The van der Waals surface area contributed by atoms with Gasteiger partial charge in [-0.15, -0.1) is 10.2 Å². The number of hydrogen-bond acceptors (Lipinski definition) is 7. The maximum atomic E-state index is 12.7. The number of carbonyl (C=O) groups is 1. The predicted octanol–water partition coefficient (Wildman–Crippen LogP) is 5.01. The van der Waals surface area contributed by atoms with Crippen molar-refractivity contribution in [2.24, 2.45) is 0 Å². The number of carbonyl (C=O) groups excluding carboxylic acids is 1. The van der Waals surface area contributed by atoms with Gasteiger partial charge in [-0.05, 0) is 52.9 Å². The third-order valence-electron chi connectivity index (χ3n) is 6.03. The van der Waals surface area contributed by atoms with E-state index in [0.29, 0.717) is 29.5 Å². The molecule has 3 aromatic carbocycles. The number of aryl methyl sites for hydroxylation is 1. The number of tetrazole rings is 1. The lowest BCUT2D eigenvalue weighted by atomic mass is 9.99. The molecule has 0 unspecified atom stereocenters. The lowest BCUT2D eigenvalue weighted by Gasteiger charge is -2.13. The Morgan fingerprint density at radius 1 is 1.00 bits per heavy atom. The lowest BCUT2D eigenvalue weighted by molar-refractivity contribution is 0.0602. The van der Waals surface area contributed by atoms with Gasteiger partial charge in [0.2, 0.25) is 5.82 Å². The van der Waals surface area contributed by atoms with E-state index in [9.17, 15) is 4.79 Å². The predicted molar refractivity (Wildman–Crippen MR) is 136 cm³/mol. The number of imidazole rings is 1. The fourth-order valence-electron chi connectivity index (χ4n) is 4.30. The molecule has 0 amide bonds. The highest BCUT2D eigenvalue weighted by Crippen LogP contribution is 2.34. The number of aromatic amines is 1. The van der Waals surface area contributed by atoms with Crippen molar-refractivity contribution in [2.45, 2.75) is 26.7 Å².